The molecule has 0 heterocycles. The van der Waals surface area contributed by atoms with E-state index in [1.165, 1.54) is 0 Å². The van der Waals surface area contributed by atoms with Crippen LogP contribution in [0.5, 0.6) is 0 Å². The van der Waals surface area contributed by atoms with Crippen molar-refractivity contribution in [3.05, 3.63) is 144 Å². The van der Waals surface area contributed by atoms with E-state index in [-0.39, 0.29) is 24.0 Å². The van der Waals surface area contributed by atoms with Gasteiger partial charge in [0.1, 0.15) is 12.1 Å². The van der Waals surface area contributed by atoms with Crippen molar-refractivity contribution in [2.45, 2.75) is 69.9 Å². The van der Waals surface area contributed by atoms with Gasteiger partial charge in [0, 0.05) is 6.42 Å². The number of hydrogen-bond donors (Lipinski definition) is 2. The summed E-state index contributed by atoms with van der Waals surface area (Å²) in [5, 5.41) is 6.40. The number of alkyl carbamates (subject to hydrolysis) is 1. The highest BCUT2D eigenvalue weighted by atomic mass is 28.4. The third-order valence-electron chi connectivity index (χ3n) is 8.65. The molecule has 4 aromatic rings. The largest absolute Gasteiger partial charge is 0.445 e. The fraction of sp³-hybridized carbons (Fsp3) is 0.316. The van der Waals surface area contributed by atoms with E-state index >= 15 is 0 Å². The van der Waals surface area contributed by atoms with Crippen LogP contribution in [-0.4, -0.2) is 33.0 Å². The average molecular weight is 623 g/mol. The Hall–Kier alpha value is -4.20. The Morgan fingerprint density at radius 2 is 1.16 bits per heavy atom. The Kier molecular flexibility index (Phi) is 11.4. The first-order valence-electron chi connectivity index (χ1n) is 15.6. The van der Waals surface area contributed by atoms with Gasteiger partial charge in [0.05, 0.1) is 12.6 Å². The molecule has 45 heavy (non-hydrogen) atoms. The molecular formula is C38H46N2O4Si. The van der Waals surface area contributed by atoms with E-state index in [1.807, 2.05) is 121 Å². The Morgan fingerprint density at radius 3 is 1.60 bits per heavy atom. The van der Waals surface area contributed by atoms with E-state index in [9.17, 15) is 9.59 Å². The number of nitrogens with one attached hydrogen (secondary N) is 2. The van der Waals surface area contributed by atoms with Gasteiger partial charge in [-0.1, -0.05) is 142 Å². The van der Waals surface area contributed by atoms with Crippen LogP contribution >= 0.6 is 0 Å². The number of benzene rings is 4. The predicted molar refractivity (Wildman–Crippen MR) is 183 cm³/mol. The van der Waals surface area contributed by atoms with E-state index in [0.29, 0.717) is 13.0 Å². The van der Waals surface area contributed by atoms with Crippen LogP contribution in [0.25, 0.3) is 0 Å². The van der Waals surface area contributed by atoms with Crippen molar-refractivity contribution in [2.24, 2.45) is 0 Å². The first-order valence-corrected chi connectivity index (χ1v) is 18.5. The predicted octanol–water partition coefficient (Wildman–Crippen LogP) is 8.19. The normalized spacial score (nSPS) is 12.6. The van der Waals surface area contributed by atoms with Crippen LogP contribution in [0.15, 0.2) is 121 Å². The number of hydrogen-bond acceptors (Lipinski definition) is 4. The smallest absolute Gasteiger partial charge is 0.407 e. The molecule has 0 unspecified atom stereocenters. The van der Waals surface area contributed by atoms with Gasteiger partial charge in [-0.25, -0.2) is 4.79 Å². The van der Waals surface area contributed by atoms with Crippen molar-refractivity contribution >= 4 is 20.3 Å². The summed E-state index contributed by atoms with van der Waals surface area (Å²) >= 11 is 0. The molecule has 0 spiro atoms. The molecule has 0 bridgehead atoms. The van der Waals surface area contributed by atoms with Crippen LogP contribution in [0, 0.1) is 0 Å². The quantitative estimate of drug-likeness (QED) is 0.116. The molecule has 7 heteroatoms. The van der Waals surface area contributed by atoms with Crippen LogP contribution in [0.3, 0.4) is 0 Å². The lowest BCUT2D eigenvalue weighted by Crippen LogP contribution is -2.49. The lowest BCUT2D eigenvalue weighted by molar-refractivity contribution is -0.122. The minimum Gasteiger partial charge on any atom is -0.445 e. The number of carbonyl (C=O) groups is 2. The summed E-state index contributed by atoms with van der Waals surface area (Å²) in [5.74, 6) is -0.136. The van der Waals surface area contributed by atoms with Crippen molar-refractivity contribution < 1.29 is 18.8 Å². The Balaban J connectivity index is 1.55. The number of amides is 2. The van der Waals surface area contributed by atoms with E-state index in [0.717, 1.165) is 22.3 Å². The van der Waals surface area contributed by atoms with Crippen molar-refractivity contribution in [1.82, 2.24) is 10.6 Å². The summed E-state index contributed by atoms with van der Waals surface area (Å²) in [6.45, 7) is 11.4. The summed E-state index contributed by atoms with van der Waals surface area (Å²) in [4.78, 5) is 26.9. The molecule has 0 radical (unpaired) electrons. The van der Waals surface area contributed by atoms with Crippen LogP contribution < -0.4 is 10.6 Å². The van der Waals surface area contributed by atoms with Gasteiger partial charge >= 0.3 is 6.09 Å². The second kappa shape index (κ2) is 15.2. The van der Waals surface area contributed by atoms with Gasteiger partial charge in [-0.3, -0.25) is 4.79 Å². The zero-order valence-electron chi connectivity index (χ0n) is 27.1. The lowest BCUT2D eigenvalue weighted by atomic mass is 9.77. The molecule has 0 aliphatic heterocycles. The maximum Gasteiger partial charge on any atom is 0.407 e. The Bertz CT molecular complexity index is 1390. The first kappa shape index (κ1) is 33.7. The molecule has 2 N–H and O–H groups in total. The SMILES string of the molecule is CC(C)(C)[Si](C)(C)OC[C@H](CCC(=O)NC(c1ccccc1)(c1ccccc1)c1ccccc1)NC(=O)OCc1ccccc1. The molecule has 6 nitrogen and oxygen atoms in total. The van der Waals surface area contributed by atoms with Gasteiger partial charge in [-0.2, -0.15) is 0 Å². The Morgan fingerprint density at radius 1 is 0.711 bits per heavy atom. The van der Waals surface area contributed by atoms with Crippen molar-refractivity contribution in [1.29, 1.82) is 0 Å². The monoisotopic (exact) mass is 622 g/mol. The fourth-order valence-electron chi connectivity index (χ4n) is 5.01. The lowest BCUT2D eigenvalue weighted by Gasteiger charge is -2.38. The van der Waals surface area contributed by atoms with Gasteiger partial charge in [0.2, 0.25) is 5.91 Å². The molecule has 236 valence electrons. The molecule has 1 atom stereocenters. The van der Waals surface area contributed by atoms with Crippen LogP contribution in [-0.2, 0) is 26.1 Å². The highest BCUT2D eigenvalue weighted by Crippen LogP contribution is 2.38. The highest BCUT2D eigenvalue weighted by Gasteiger charge is 2.39. The molecule has 2 amide bonds. The zero-order valence-corrected chi connectivity index (χ0v) is 28.1. The standard InChI is InChI=1S/C38H46N2O4Si/c1-37(2,3)45(4,5)44-29-34(39-36(42)43-28-30-18-10-6-11-19-30)26-27-35(41)40-38(31-20-12-7-13-21-31,32-22-14-8-15-23-32)33-24-16-9-17-25-33/h6-25,34H,26-29H2,1-5H3,(H,39,42)(H,40,41)/t34-/m0/s1. The average Bonchev–Trinajstić information content (AvgIpc) is 3.05. The molecule has 4 rings (SSSR count). The van der Waals surface area contributed by atoms with E-state index in [1.54, 1.807) is 0 Å². The van der Waals surface area contributed by atoms with Crippen molar-refractivity contribution in [3.63, 3.8) is 0 Å². The minimum atomic E-state index is -2.11. The molecular weight excluding hydrogens is 577 g/mol. The van der Waals surface area contributed by atoms with Crippen LogP contribution in [0.2, 0.25) is 18.1 Å². The first-order chi connectivity index (χ1) is 21.5. The van der Waals surface area contributed by atoms with Crippen molar-refractivity contribution in [3.8, 4) is 0 Å². The maximum absolute atomic E-state index is 14.0. The molecule has 0 saturated heterocycles. The number of rotatable bonds is 13. The number of ether oxygens (including phenoxy) is 1. The fourth-order valence-corrected chi connectivity index (χ4v) is 6.06. The molecule has 0 aromatic heterocycles. The maximum atomic E-state index is 14.0. The molecule has 0 aliphatic rings. The van der Waals surface area contributed by atoms with E-state index in [4.69, 9.17) is 9.16 Å². The van der Waals surface area contributed by atoms with Gasteiger partial charge in [0.25, 0.3) is 0 Å². The summed E-state index contributed by atoms with van der Waals surface area (Å²) in [6, 6.07) is 39.2. The topological polar surface area (TPSA) is 76.7 Å². The van der Waals surface area contributed by atoms with E-state index in [2.05, 4.69) is 44.5 Å². The van der Waals surface area contributed by atoms with Gasteiger partial charge in [0.15, 0.2) is 8.32 Å². The second-order valence-corrected chi connectivity index (χ2v) is 17.7. The molecule has 0 saturated carbocycles. The van der Waals surface area contributed by atoms with Crippen LogP contribution in [0.1, 0.15) is 55.9 Å². The minimum absolute atomic E-state index is 0.00337. The molecule has 0 fully saturated rings. The summed E-state index contributed by atoms with van der Waals surface area (Å²) in [6.07, 6.45) is 0.0314. The molecule has 0 aliphatic carbocycles. The highest BCUT2D eigenvalue weighted by molar-refractivity contribution is 6.74. The van der Waals surface area contributed by atoms with Crippen LogP contribution in [0.4, 0.5) is 4.79 Å². The second-order valence-electron chi connectivity index (χ2n) is 12.9. The zero-order chi connectivity index (χ0) is 32.3. The third kappa shape index (κ3) is 8.93. The van der Waals surface area contributed by atoms with Gasteiger partial charge < -0.3 is 19.8 Å². The van der Waals surface area contributed by atoms with Gasteiger partial charge in [-0.15, -0.1) is 0 Å². The summed E-state index contributed by atoms with van der Waals surface area (Å²) in [7, 11) is -2.11. The molecule has 4 aromatic carbocycles. The van der Waals surface area contributed by atoms with Crippen molar-refractivity contribution in [2.75, 3.05) is 6.61 Å². The Labute approximate surface area is 269 Å². The van der Waals surface area contributed by atoms with E-state index < -0.39 is 26.0 Å². The third-order valence-corrected chi connectivity index (χ3v) is 13.2. The summed E-state index contributed by atoms with van der Waals surface area (Å²) in [5.41, 5.74) is 2.86. The number of carbonyl (C=O) groups excluding carboxylic acids is 2. The summed E-state index contributed by atoms with van der Waals surface area (Å²) < 4.78 is 12.0. The van der Waals surface area contributed by atoms with Gasteiger partial charge in [-0.05, 0) is 46.8 Å².